The summed E-state index contributed by atoms with van der Waals surface area (Å²) in [5.74, 6) is 1.91. The Morgan fingerprint density at radius 1 is 1.24 bits per heavy atom. The molecule has 0 aliphatic carbocycles. The molecule has 0 unspecified atom stereocenters. The van der Waals surface area contributed by atoms with Gasteiger partial charge in [0, 0.05) is 41.5 Å². The second kappa shape index (κ2) is 7.00. The Kier molecular flexibility index (Phi) is 4.83. The molecule has 4 nitrogen and oxygen atoms in total. The van der Waals surface area contributed by atoms with E-state index in [1.165, 1.54) is 0 Å². The molecule has 1 aliphatic heterocycles. The third-order valence-electron chi connectivity index (χ3n) is 3.75. The zero-order chi connectivity index (χ0) is 14.5. The Balaban J connectivity index is 1.58. The molecule has 1 aromatic heterocycles. The lowest BCUT2D eigenvalue weighted by molar-refractivity contribution is 0.0725. The highest BCUT2D eigenvalue weighted by atomic mass is 32.2. The highest BCUT2D eigenvalue weighted by Crippen LogP contribution is 2.17. The van der Waals surface area contributed by atoms with Gasteiger partial charge in [0.05, 0.1) is 17.6 Å². The second-order valence-corrected chi connectivity index (χ2v) is 6.94. The summed E-state index contributed by atoms with van der Waals surface area (Å²) in [4.78, 5) is 0. The van der Waals surface area contributed by atoms with Crippen LogP contribution in [0.15, 0.2) is 42.7 Å². The van der Waals surface area contributed by atoms with Crippen molar-refractivity contribution in [3.05, 3.63) is 48.3 Å². The third-order valence-corrected chi connectivity index (χ3v) is 5.25. The molecule has 3 rings (SSSR count). The van der Waals surface area contributed by atoms with Gasteiger partial charge in [0.1, 0.15) is 0 Å². The summed E-state index contributed by atoms with van der Waals surface area (Å²) in [5, 5.41) is 4.35. The number of hydrogen-bond donors (Lipinski definition) is 0. The van der Waals surface area contributed by atoms with Crippen LogP contribution in [0.2, 0.25) is 0 Å². The SMILES string of the molecule is O=[S@](Cc1cnn(-c2ccccc2)c1)CC1CCOCC1. The first-order chi connectivity index (χ1) is 10.3. The number of aromatic nitrogens is 2. The van der Waals surface area contributed by atoms with E-state index >= 15 is 0 Å². The summed E-state index contributed by atoms with van der Waals surface area (Å²) >= 11 is 0. The largest absolute Gasteiger partial charge is 0.381 e. The van der Waals surface area contributed by atoms with Crippen molar-refractivity contribution in [2.75, 3.05) is 19.0 Å². The average molecular weight is 304 g/mol. The summed E-state index contributed by atoms with van der Waals surface area (Å²) < 4.78 is 19.4. The predicted molar refractivity (Wildman–Crippen MR) is 83.8 cm³/mol. The van der Waals surface area contributed by atoms with Crippen molar-refractivity contribution in [1.29, 1.82) is 0 Å². The Hall–Kier alpha value is -1.46. The molecule has 1 aliphatic rings. The minimum Gasteiger partial charge on any atom is -0.381 e. The monoisotopic (exact) mass is 304 g/mol. The summed E-state index contributed by atoms with van der Waals surface area (Å²) in [6.45, 7) is 1.63. The van der Waals surface area contributed by atoms with Crippen molar-refractivity contribution in [3.8, 4) is 5.69 Å². The Bertz CT molecular complexity index is 591. The molecule has 0 radical (unpaired) electrons. The van der Waals surface area contributed by atoms with E-state index in [9.17, 15) is 4.21 Å². The van der Waals surface area contributed by atoms with Gasteiger partial charge in [-0.05, 0) is 30.9 Å². The first-order valence-corrected chi connectivity index (χ1v) is 8.82. The lowest BCUT2D eigenvalue weighted by atomic mass is 10.0. The van der Waals surface area contributed by atoms with Crippen LogP contribution in [0.4, 0.5) is 0 Å². The molecule has 2 heterocycles. The van der Waals surface area contributed by atoms with Gasteiger partial charge in [-0.3, -0.25) is 4.21 Å². The maximum absolute atomic E-state index is 12.3. The predicted octanol–water partition coefficient (Wildman–Crippen LogP) is 2.55. The number of nitrogens with zero attached hydrogens (tertiary/aromatic N) is 2. The van der Waals surface area contributed by atoms with E-state index in [0.29, 0.717) is 11.7 Å². The fourth-order valence-electron chi connectivity index (χ4n) is 2.58. The summed E-state index contributed by atoms with van der Waals surface area (Å²) in [6.07, 6.45) is 5.86. The van der Waals surface area contributed by atoms with Gasteiger partial charge >= 0.3 is 0 Å². The van der Waals surface area contributed by atoms with E-state index in [-0.39, 0.29) is 0 Å². The number of para-hydroxylation sites is 1. The molecule has 0 N–H and O–H groups in total. The van der Waals surface area contributed by atoms with Gasteiger partial charge in [0.25, 0.3) is 0 Å². The van der Waals surface area contributed by atoms with Crippen LogP contribution >= 0.6 is 0 Å². The van der Waals surface area contributed by atoms with Crippen molar-refractivity contribution in [1.82, 2.24) is 9.78 Å². The quantitative estimate of drug-likeness (QED) is 0.852. The van der Waals surface area contributed by atoms with Crippen molar-refractivity contribution in [2.24, 2.45) is 5.92 Å². The lowest BCUT2D eigenvalue weighted by Crippen LogP contribution is -2.21. The summed E-state index contributed by atoms with van der Waals surface area (Å²) in [7, 11) is -0.820. The van der Waals surface area contributed by atoms with E-state index in [0.717, 1.165) is 43.1 Å². The summed E-state index contributed by atoms with van der Waals surface area (Å²) in [5.41, 5.74) is 2.06. The van der Waals surface area contributed by atoms with E-state index in [1.807, 2.05) is 47.4 Å². The number of hydrogen-bond acceptors (Lipinski definition) is 3. The molecule has 2 aromatic rings. The van der Waals surface area contributed by atoms with Crippen molar-refractivity contribution in [3.63, 3.8) is 0 Å². The maximum atomic E-state index is 12.3. The molecular formula is C16H20N2O2S. The van der Waals surface area contributed by atoms with Crippen LogP contribution in [-0.2, 0) is 21.3 Å². The first-order valence-electron chi connectivity index (χ1n) is 7.33. The van der Waals surface area contributed by atoms with Crippen LogP contribution in [0.25, 0.3) is 5.69 Å². The minimum absolute atomic E-state index is 0.545. The Morgan fingerprint density at radius 2 is 2.00 bits per heavy atom. The topological polar surface area (TPSA) is 44.1 Å². The molecule has 5 heteroatoms. The highest BCUT2D eigenvalue weighted by Gasteiger charge is 2.17. The fourth-order valence-corrected chi connectivity index (χ4v) is 4.08. The Labute approximate surface area is 127 Å². The van der Waals surface area contributed by atoms with Gasteiger partial charge in [0.15, 0.2) is 0 Å². The molecule has 1 aromatic carbocycles. The summed E-state index contributed by atoms with van der Waals surface area (Å²) in [6, 6.07) is 9.97. The van der Waals surface area contributed by atoms with Crippen LogP contribution in [0.3, 0.4) is 0 Å². The van der Waals surface area contributed by atoms with Gasteiger partial charge in [-0.2, -0.15) is 5.10 Å². The molecule has 0 bridgehead atoms. The normalized spacial score (nSPS) is 17.7. The van der Waals surface area contributed by atoms with Gasteiger partial charge < -0.3 is 4.74 Å². The van der Waals surface area contributed by atoms with E-state index in [4.69, 9.17) is 4.74 Å². The second-order valence-electron chi connectivity index (χ2n) is 5.44. The molecule has 0 saturated carbocycles. The van der Waals surface area contributed by atoms with E-state index in [2.05, 4.69) is 5.10 Å². The Morgan fingerprint density at radius 3 is 2.76 bits per heavy atom. The van der Waals surface area contributed by atoms with E-state index in [1.54, 1.807) is 0 Å². The zero-order valence-electron chi connectivity index (χ0n) is 12.0. The van der Waals surface area contributed by atoms with Crippen molar-refractivity contribution >= 4 is 10.8 Å². The number of benzene rings is 1. The van der Waals surface area contributed by atoms with Crippen LogP contribution in [0, 0.1) is 5.92 Å². The van der Waals surface area contributed by atoms with E-state index < -0.39 is 10.8 Å². The maximum Gasteiger partial charge on any atom is 0.0645 e. The minimum atomic E-state index is -0.820. The third kappa shape index (κ3) is 4.02. The molecule has 0 spiro atoms. The smallest absolute Gasteiger partial charge is 0.0645 e. The van der Waals surface area contributed by atoms with Crippen molar-refractivity contribution < 1.29 is 8.95 Å². The van der Waals surface area contributed by atoms with Gasteiger partial charge in [0.2, 0.25) is 0 Å². The van der Waals surface area contributed by atoms with Crippen molar-refractivity contribution in [2.45, 2.75) is 18.6 Å². The fraction of sp³-hybridized carbons (Fsp3) is 0.438. The molecular weight excluding hydrogens is 284 g/mol. The molecule has 1 saturated heterocycles. The number of rotatable bonds is 5. The van der Waals surface area contributed by atoms with Gasteiger partial charge in [-0.1, -0.05) is 18.2 Å². The van der Waals surface area contributed by atoms with Gasteiger partial charge in [-0.15, -0.1) is 0 Å². The standard InChI is InChI=1S/C16H20N2O2S/c19-21(12-14-6-8-20-9-7-14)13-15-10-17-18(11-15)16-4-2-1-3-5-16/h1-5,10-11,14H,6-9,12-13H2/t21-/m0/s1. The number of ether oxygens (including phenoxy) is 1. The molecule has 1 fully saturated rings. The van der Waals surface area contributed by atoms with Crippen LogP contribution in [0.5, 0.6) is 0 Å². The molecule has 21 heavy (non-hydrogen) atoms. The van der Waals surface area contributed by atoms with Gasteiger partial charge in [-0.25, -0.2) is 4.68 Å². The van der Waals surface area contributed by atoms with Crippen LogP contribution in [0.1, 0.15) is 18.4 Å². The van der Waals surface area contributed by atoms with Crippen LogP contribution < -0.4 is 0 Å². The molecule has 1 atom stereocenters. The lowest BCUT2D eigenvalue weighted by Gasteiger charge is -2.21. The zero-order valence-corrected chi connectivity index (χ0v) is 12.8. The van der Waals surface area contributed by atoms with Crippen LogP contribution in [-0.4, -0.2) is 33.0 Å². The highest BCUT2D eigenvalue weighted by molar-refractivity contribution is 7.84. The first kappa shape index (κ1) is 14.5. The molecule has 0 amide bonds. The molecule has 112 valence electrons. The average Bonchev–Trinajstić information content (AvgIpc) is 2.97.